The van der Waals surface area contributed by atoms with Crippen molar-refractivity contribution in [3.05, 3.63) is 17.0 Å². The molecule has 0 aromatic carbocycles. The summed E-state index contributed by atoms with van der Waals surface area (Å²) in [6.45, 7) is 11.4. The summed E-state index contributed by atoms with van der Waals surface area (Å²) in [6.07, 6.45) is 2.24. The number of methoxy groups -OCH3 is 1. The van der Waals surface area contributed by atoms with E-state index in [1.54, 1.807) is 7.11 Å². The second kappa shape index (κ2) is 7.54. The van der Waals surface area contributed by atoms with E-state index in [0.29, 0.717) is 12.6 Å². The molecule has 0 saturated carbocycles. The van der Waals surface area contributed by atoms with Gasteiger partial charge in [-0.3, -0.25) is 4.68 Å². The Labute approximate surface area is 111 Å². The topological polar surface area (TPSA) is 39.1 Å². The fourth-order valence-electron chi connectivity index (χ4n) is 2.31. The molecule has 1 heterocycles. The molecule has 1 unspecified atom stereocenters. The fourth-order valence-corrected chi connectivity index (χ4v) is 2.31. The van der Waals surface area contributed by atoms with Gasteiger partial charge in [0.1, 0.15) is 0 Å². The van der Waals surface area contributed by atoms with Gasteiger partial charge < -0.3 is 10.1 Å². The Hall–Kier alpha value is -0.870. The standard InChI is InChI=1S/C14H27N3O/c1-6-8-15-9-7-14-12(3)16-17(13(14)4)11(2)10-18-5/h11,15H,6-10H2,1-5H3. The summed E-state index contributed by atoms with van der Waals surface area (Å²) in [6, 6.07) is 0.297. The molecule has 0 bridgehead atoms. The lowest BCUT2D eigenvalue weighted by Crippen LogP contribution is -2.18. The van der Waals surface area contributed by atoms with E-state index in [1.807, 2.05) is 0 Å². The predicted octanol–water partition coefficient (Wildman–Crippen LogP) is 2.25. The van der Waals surface area contributed by atoms with Crippen molar-refractivity contribution in [1.29, 1.82) is 0 Å². The van der Waals surface area contributed by atoms with Crippen molar-refractivity contribution < 1.29 is 4.74 Å². The van der Waals surface area contributed by atoms with E-state index in [-0.39, 0.29) is 0 Å². The second-order valence-corrected chi connectivity index (χ2v) is 4.90. The van der Waals surface area contributed by atoms with Gasteiger partial charge in [-0.25, -0.2) is 0 Å². The van der Waals surface area contributed by atoms with Gasteiger partial charge in [-0.05, 0) is 52.3 Å². The minimum Gasteiger partial charge on any atom is -0.382 e. The second-order valence-electron chi connectivity index (χ2n) is 4.90. The van der Waals surface area contributed by atoms with Crippen LogP contribution in [-0.4, -0.2) is 36.6 Å². The number of nitrogens with zero attached hydrogens (tertiary/aromatic N) is 2. The van der Waals surface area contributed by atoms with Gasteiger partial charge in [0, 0.05) is 12.8 Å². The lowest BCUT2D eigenvalue weighted by Gasteiger charge is -2.13. The molecule has 4 heteroatoms. The van der Waals surface area contributed by atoms with Gasteiger partial charge in [0.2, 0.25) is 0 Å². The van der Waals surface area contributed by atoms with Crippen LogP contribution in [0.5, 0.6) is 0 Å². The van der Waals surface area contributed by atoms with Crippen LogP contribution in [0.4, 0.5) is 0 Å². The van der Waals surface area contributed by atoms with Crippen molar-refractivity contribution in [3.8, 4) is 0 Å². The SMILES string of the molecule is CCCNCCc1c(C)nn(C(C)COC)c1C. The number of aryl methyl sites for hydroxylation is 1. The number of ether oxygens (including phenoxy) is 1. The third-order valence-electron chi connectivity index (χ3n) is 3.28. The van der Waals surface area contributed by atoms with Crippen molar-refractivity contribution in [1.82, 2.24) is 15.1 Å². The van der Waals surface area contributed by atoms with Gasteiger partial charge in [-0.1, -0.05) is 6.92 Å². The quantitative estimate of drug-likeness (QED) is 0.722. The Bertz CT molecular complexity index is 360. The van der Waals surface area contributed by atoms with Gasteiger partial charge in [-0.2, -0.15) is 5.10 Å². The summed E-state index contributed by atoms with van der Waals surface area (Å²) in [4.78, 5) is 0. The maximum absolute atomic E-state index is 5.20. The van der Waals surface area contributed by atoms with E-state index in [1.165, 1.54) is 17.7 Å². The molecule has 0 aliphatic rings. The smallest absolute Gasteiger partial charge is 0.0727 e. The zero-order valence-electron chi connectivity index (χ0n) is 12.4. The van der Waals surface area contributed by atoms with E-state index >= 15 is 0 Å². The first-order valence-electron chi connectivity index (χ1n) is 6.86. The third kappa shape index (κ3) is 3.82. The Morgan fingerprint density at radius 3 is 2.67 bits per heavy atom. The van der Waals surface area contributed by atoms with Crippen molar-refractivity contribution in [2.45, 2.75) is 46.6 Å². The molecule has 0 aliphatic heterocycles. The largest absolute Gasteiger partial charge is 0.382 e. The highest BCUT2D eigenvalue weighted by atomic mass is 16.5. The maximum atomic E-state index is 5.20. The third-order valence-corrected chi connectivity index (χ3v) is 3.28. The first-order chi connectivity index (χ1) is 8.61. The molecular weight excluding hydrogens is 226 g/mol. The molecule has 0 amide bonds. The molecule has 1 N–H and O–H groups in total. The van der Waals surface area contributed by atoms with Crippen molar-refractivity contribution in [2.24, 2.45) is 0 Å². The minimum absolute atomic E-state index is 0.297. The number of hydrogen-bond donors (Lipinski definition) is 1. The summed E-state index contributed by atoms with van der Waals surface area (Å²) < 4.78 is 7.29. The monoisotopic (exact) mass is 253 g/mol. The Kier molecular flexibility index (Phi) is 6.36. The van der Waals surface area contributed by atoms with E-state index in [2.05, 4.69) is 42.8 Å². The highest BCUT2D eigenvalue weighted by molar-refractivity contribution is 5.25. The highest BCUT2D eigenvalue weighted by Gasteiger charge is 2.15. The molecule has 104 valence electrons. The van der Waals surface area contributed by atoms with Gasteiger partial charge >= 0.3 is 0 Å². The van der Waals surface area contributed by atoms with Crippen molar-refractivity contribution in [3.63, 3.8) is 0 Å². The molecule has 1 rings (SSSR count). The summed E-state index contributed by atoms with van der Waals surface area (Å²) in [5.74, 6) is 0. The Balaban J connectivity index is 2.68. The zero-order valence-corrected chi connectivity index (χ0v) is 12.4. The molecule has 0 aliphatic carbocycles. The van der Waals surface area contributed by atoms with Crippen LogP contribution in [0.2, 0.25) is 0 Å². The van der Waals surface area contributed by atoms with Crippen molar-refractivity contribution >= 4 is 0 Å². The van der Waals surface area contributed by atoms with Crippen LogP contribution in [0.15, 0.2) is 0 Å². The lowest BCUT2D eigenvalue weighted by molar-refractivity contribution is 0.156. The molecule has 0 fully saturated rings. The number of nitrogens with one attached hydrogen (secondary N) is 1. The summed E-state index contributed by atoms with van der Waals surface area (Å²) in [7, 11) is 1.73. The average molecular weight is 253 g/mol. The van der Waals surface area contributed by atoms with Crippen molar-refractivity contribution in [2.75, 3.05) is 26.8 Å². The zero-order chi connectivity index (χ0) is 13.5. The fraction of sp³-hybridized carbons (Fsp3) is 0.786. The molecule has 0 saturated heterocycles. The minimum atomic E-state index is 0.297. The normalized spacial score (nSPS) is 12.9. The van der Waals surface area contributed by atoms with E-state index < -0.39 is 0 Å². The van der Waals surface area contributed by atoms with Crippen LogP contribution in [0.25, 0.3) is 0 Å². The Morgan fingerprint density at radius 1 is 1.33 bits per heavy atom. The molecule has 1 aromatic rings. The first kappa shape index (κ1) is 15.2. The number of rotatable bonds is 8. The van der Waals surface area contributed by atoms with Crippen LogP contribution in [0.1, 0.15) is 43.3 Å². The number of hydrogen-bond acceptors (Lipinski definition) is 3. The maximum Gasteiger partial charge on any atom is 0.0727 e. The lowest BCUT2D eigenvalue weighted by atomic mass is 10.1. The molecular formula is C14H27N3O. The number of aromatic nitrogens is 2. The van der Waals surface area contributed by atoms with Gasteiger partial charge in [0.25, 0.3) is 0 Å². The first-order valence-corrected chi connectivity index (χ1v) is 6.86. The van der Waals surface area contributed by atoms with Gasteiger partial charge in [0.05, 0.1) is 18.3 Å². The summed E-state index contributed by atoms with van der Waals surface area (Å²) in [5, 5.41) is 8.08. The average Bonchev–Trinajstić information content (AvgIpc) is 2.62. The van der Waals surface area contributed by atoms with Crippen LogP contribution >= 0.6 is 0 Å². The Morgan fingerprint density at radius 2 is 2.06 bits per heavy atom. The van der Waals surface area contributed by atoms with E-state index in [9.17, 15) is 0 Å². The summed E-state index contributed by atoms with van der Waals surface area (Å²) >= 11 is 0. The molecule has 0 spiro atoms. The van der Waals surface area contributed by atoms with Gasteiger partial charge in [-0.15, -0.1) is 0 Å². The van der Waals surface area contributed by atoms with E-state index in [0.717, 1.165) is 25.2 Å². The van der Waals surface area contributed by atoms with Crippen LogP contribution in [-0.2, 0) is 11.2 Å². The highest BCUT2D eigenvalue weighted by Crippen LogP contribution is 2.17. The predicted molar refractivity (Wildman–Crippen MR) is 75.2 cm³/mol. The van der Waals surface area contributed by atoms with Crippen LogP contribution in [0.3, 0.4) is 0 Å². The van der Waals surface area contributed by atoms with Crippen LogP contribution < -0.4 is 5.32 Å². The van der Waals surface area contributed by atoms with E-state index in [4.69, 9.17) is 4.74 Å². The molecule has 18 heavy (non-hydrogen) atoms. The van der Waals surface area contributed by atoms with Crippen LogP contribution in [0, 0.1) is 13.8 Å². The van der Waals surface area contributed by atoms with Gasteiger partial charge in [0.15, 0.2) is 0 Å². The molecule has 1 aromatic heterocycles. The molecule has 0 radical (unpaired) electrons. The molecule has 4 nitrogen and oxygen atoms in total. The molecule has 1 atom stereocenters. The summed E-state index contributed by atoms with van der Waals surface area (Å²) in [5.41, 5.74) is 3.80.